The molecule has 41 heavy (non-hydrogen) atoms. The molecule has 5 aliphatic rings. The summed E-state index contributed by atoms with van der Waals surface area (Å²) in [7, 11) is 0.385. The van der Waals surface area contributed by atoms with Crippen LogP contribution in [-0.2, 0) is 21.4 Å². The highest BCUT2D eigenvalue weighted by Crippen LogP contribution is 2.62. The Morgan fingerprint density at radius 3 is 2.59 bits per heavy atom. The van der Waals surface area contributed by atoms with Crippen LogP contribution in [-0.4, -0.2) is 97.1 Å². The van der Waals surface area contributed by atoms with E-state index in [-0.39, 0.29) is 24.7 Å². The van der Waals surface area contributed by atoms with Gasteiger partial charge in [-0.2, -0.15) is 0 Å². The number of fused-ring (bicyclic) bond motifs is 1. The maximum absolute atomic E-state index is 14.4. The maximum Gasteiger partial charge on any atom is 0.329 e. The average molecular weight is 584 g/mol. The number of piperidine rings is 1. The zero-order valence-electron chi connectivity index (χ0n) is 25.7. The predicted molar refractivity (Wildman–Crippen MR) is 161 cm³/mol. The van der Waals surface area contributed by atoms with Crippen molar-refractivity contribution >= 4 is 20.0 Å². The van der Waals surface area contributed by atoms with Gasteiger partial charge in [0.1, 0.15) is 18.0 Å². The van der Waals surface area contributed by atoms with Crippen molar-refractivity contribution in [1.82, 2.24) is 14.7 Å². The first kappa shape index (κ1) is 29.1. The molecule has 1 aromatic carbocycles. The molecular formula is C32H49N3O5Si. The van der Waals surface area contributed by atoms with Crippen molar-refractivity contribution < 1.29 is 24.2 Å². The third kappa shape index (κ3) is 4.66. The van der Waals surface area contributed by atoms with Gasteiger partial charge in [0.25, 0.3) is 5.91 Å². The third-order valence-electron chi connectivity index (χ3n) is 10.9. The Morgan fingerprint density at radius 2 is 1.90 bits per heavy atom. The minimum Gasteiger partial charge on any atom is -0.497 e. The summed E-state index contributed by atoms with van der Waals surface area (Å²) in [5.74, 6) is 1.37. The Bertz CT molecular complexity index is 1200. The second-order valence-corrected chi connectivity index (χ2v) is 20.3. The molecule has 3 aliphatic carbocycles. The fraction of sp³-hybridized carbons (Fsp3) is 0.750. The SMILES string of the molecule is CCCN1C(=O)N(COCC[Si](C)(C)C)C(=O)[C@@]12CC[C@@]1(O)[C@H]3Cc4ccc(OC)cc4[C@@]1(CCN3CC1CC1)C2. The highest BCUT2D eigenvalue weighted by Gasteiger charge is 2.72. The Morgan fingerprint density at radius 1 is 1.12 bits per heavy atom. The molecule has 4 fully saturated rings. The van der Waals surface area contributed by atoms with Gasteiger partial charge in [-0.1, -0.05) is 32.6 Å². The number of ether oxygens (including phenoxy) is 2. The number of nitrogens with zero attached hydrogens (tertiary/aromatic N) is 3. The molecule has 8 nitrogen and oxygen atoms in total. The van der Waals surface area contributed by atoms with E-state index in [9.17, 15) is 14.7 Å². The van der Waals surface area contributed by atoms with E-state index in [1.807, 2.05) is 11.0 Å². The molecule has 2 bridgehead atoms. The lowest BCUT2D eigenvalue weighted by Gasteiger charge is -2.66. The largest absolute Gasteiger partial charge is 0.497 e. The molecule has 2 aliphatic heterocycles. The third-order valence-corrected chi connectivity index (χ3v) is 12.6. The van der Waals surface area contributed by atoms with Gasteiger partial charge in [0.05, 0.1) is 12.7 Å². The first-order valence-electron chi connectivity index (χ1n) is 15.8. The predicted octanol–water partition coefficient (Wildman–Crippen LogP) is 4.61. The molecule has 2 saturated carbocycles. The molecule has 4 atom stereocenters. The van der Waals surface area contributed by atoms with E-state index in [2.05, 4.69) is 43.6 Å². The fourth-order valence-electron chi connectivity index (χ4n) is 8.46. The van der Waals surface area contributed by atoms with Crippen LogP contribution in [0.25, 0.3) is 0 Å². The highest BCUT2D eigenvalue weighted by atomic mass is 28.3. The number of benzene rings is 1. The summed E-state index contributed by atoms with van der Waals surface area (Å²) in [5.41, 5.74) is -0.213. The zero-order chi connectivity index (χ0) is 29.2. The average Bonchev–Trinajstić information content (AvgIpc) is 3.73. The molecule has 2 heterocycles. The number of hydrogen-bond acceptors (Lipinski definition) is 6. The van der Waals surface area contributed by atoms with Crippen molar-refractivity contribution in [3.8, 4) is 5.75 Å². The zero-order valence-corrected chi connectivity index (χ0v) is 26.7. The molecule has 9 heteroatoms. The van der Waals surface area contributed by atoms with Crippen molar-refractivity contribution in [3.63, 3.8) is 0 Å². The minimum atomic E-state index is -1.30. The van der Waals surface area contributed by atoms with Crippen molar-refractivity contribution in [2.75, 3.05) is 40.1 Å². The number of rotatable bonds is 10. The molecule has 226 valence electrons. The topological polar surface area (TPSA) is 82.5 Å². The quantitative estimate of drug-likeness (QED) is 0.246. The summed E-state index contributed by atoms with van der Waals surface area (Å²) >= 11 is 0. The van der Waals surface area contributed by atoms with E-state index in [1.165, 1.54) is 23.3 Å². The molecule has 1 spiro atoms. The number of hydrogen-bond donors (Lipinski definition) is 1. The lowest BCUT2D eigenvalue weighted by molar-refractivity contribution is -0.189. The number of methoxy groups -OCH3 is 1. The smallest absolute Gasteiger partial charge is 0.329 e. The number of carbonyl (C=O) groups is 2. The lowest BCUT2D eigenvalue weighted by atomic mass is 9.46. The number of aliphatic hydroxyl groups is 1. The molecule has 0 radical (unpaired) electrons. The summed E-state index contributed by atoms with van der Waals surface area (Å²) < 4.78 is 11.6. The Balaban J connectivity index is 1.38. The van der Waals surface area contributed by atoms with E-state index in [0.29, 0.717) is 32.4 Å². The highest BCUT2D eigenvalue weighted by molar-refractivity contribution is 6.76. The van der Waals surface area contributed by atoms with E-state index < -0.39 is 24.6 Å². The van der Waals surface area contributed by atoms with Gasteiger partial charge in [-0.05, 0) is 93.1 Å². The van der Waals surface area contributed by atoms with Crippen LogP contribution in [0.4, 0.5) is 4.79 Å². The van der Waals surface area contributed by atoms with Crippen molar-refractivity contribution in [2.24, 2.45) is 5.92 Å². The van der Waals surface area contributed by atoms with Crippen molar-refractivity contribution in [1.29, 1.82) is 0 Å². The van der Waals surface area contributed by atoms with Gasteiger partial charge in [0.15, 0.2) is 0 Å². The Hall–Kier alpha value is -1.94. The molecule has 2 saturated heterocycles. The number of likely N-dealkylation sites (tertiary alicyclic amines) is 1. The van der Waals surface area contributed by atoms with Crippen LogP contribution in [0.5, 0.6) is 5.75 Å². The van der Waals surface area contributed by atoms with Crippen LogP contribution >= 0.6 is 0 Å². The van der Waals surface area contributed by atoms with Gasteiger partial charge >= 0.3 is 6.03 Å². The van der Waals surface area contributed by atoms with Gasteiger partial charge in [-0.3, -0.25) is 9.69 Å². The normalized spacial score (nSPS) is 33.4. The molecule has 1 aromatic rings. The second kappa shape index (κ2) is 10.4. The van der Waals surface area contributed by atoms with E-state index in [0.717, 1.165) is 55.6 Å². The van der Waals surface area contributed by atoms with Crippen LogP contribution < -0.4 is 4.74 Å². The lowest BCUT2D eigenvalue weighted by Crippen LogP contribution is -2.76. The molecule has 1 N–H and O–H groups in total. The summed E-state index contributed by atoms with van der Waals surface area (Å²) in [5, 5.41) is 12.9. The Kier molecular flexibility index (Phi) is 7.36. The Labute approximate surface area is 246 Å². The van der Waals surface area contributed by atoms with Crippen LogP contribution in [0.1, 0.15) is 63.0 Å². The first-order chi connectivity index (χ1) is 19.5. The number of imide groups is 1. The van der Waals surface area contributed by atoms with E-state index in [1.54, 1.807) is 7.11 Å². The monoisotopic (exact) mass is 583 g/mol. The van der Waals surface area contributed by atoms with Crippen LogP contribution in [0.3, 0.4) is 0 Å². The summed E-state index contributed by atoms with van der Waals surface area (Å²) in [6.45, 7) is 12.0. The minimum absolute atomic E-state index is 0.00355. The molecule has 6 rings (SSSR count). The maximum atomic E-state index is 14.4. The number of amides is 3. The summed E-state index contributed by atoms with van der Waals surface area (Å²) in [6, 6.07) is 7.05. The number of urea groups is 1. The fourth-order valence-corrected chi connectivity index (χ4v) is 9.22. The van der Waals surface area contributed by atoms with Crippen LogP contribution in [0, 0.1) is 5.92 Å². The molecule has 0 aromatic heterocycles. The first-order valence-corrected chi connectivity index (χ1v) is 19.5. The van der Waals surface area contributed by atoms with Gasteiger partial charge in [-0.25, -0.2) is 9.69 Å². The number of carbonyl (C=O) groups excluding carboxylic acids is 2. The molecule has 3 amide bonds. The van der Waals surface area contributed by atoms with Gasteiger partial charge in [-0.15, -0.1) is 0 Å². The van der Waals surface area contributed by atoms with Crippen LogP contribution in [0.15, 0.2) is 18.2 Å². The second-order valence-electron chi connectivity index (χ2n) is 14.7. The molecular weight excluding hydrogens is 534 g/mol. The van der Waals surface area contributed by atoms with Crippen LogP contribution in [0.2, 0.25) is 25.7 Å². The van der Waals surface area contributed by atoms with Crippen molar-refractivity contribution in [2.45, 2.75) is 107 Å². The summed E-state index contributed by atoms with van der Waals surface area (Å²) in [4.78, 5) is 34.1. The van der Waals surface area contributed by atoms with Crippen molar-refractivity contribution in [3.05, 3.63) is 29.3 Å². The van der Waals surface area contributed by atoms with Gasteiger partial charge in [0, 0.05) is 39.2 Å². The van der Waals surface area contributed by atoms with Gasteiger partial charge < -0.3 is 19.5 Å². The standard InChI is InChI=1S/C32H49N3O5Si/c1-6-14-35-29(37)34(22-40-16-17-41(3,4)5)28(36)31(35)11-12-32(38)27-18-24-9-10-25(39-2)19-26(24)30(32,21-31)13-15-33(27)20-23-7-8-23/h9-10,19,23,27,38H,6-8,11-18,20-22H2,1-5H3/t27-,30-,31+,32-/m1/s1. The van der Waals surface area contributed by atoms with Gasteiger partial charge in [0.2, 0.25) is 0 Å². The summed E-state index contributed by atoms with van der Waals surface area (Å²) in [6.07, 6.45) is 6.32. The van der Waals surface area contributed by atoms with E-state index in [4.69, 9.17) is 9.47 Å². The van der Waals surface area contributed by atoms with E-state index >= 15 is 0 Å². The molecule has 0 unspecified atom stereocenters.